The van der Waals surface area contributed by atoms with Crippen molar-refractivity contribution in [1.82, 2.24) is 4.31 Å². The standard InChI is InChI=1S/C12H14Cl3NO2S/c13-8-9-1-3-16(4-2-9)19(17,18)12-6-10(14)5-11(15)7-12/h5-7,9H,1-4,8H2. The molecule has 1 aromatic rings. The van der Waals surface area contributed by atoms with E-state index in [2.05, 4.69) is 0 Å². The van der Waals surface area contributed by atoms with Gasteiger partial charge in [-0.3, -0.25) is 0 Å². The summed E-state index contributed by atoms with van der Waals surface area (Å²) >= 11 is 17.5. The van der Waals surface area contributed by atoms with Gasteiger partial charge in [0.15, 0.2) is 0 Å². The largest absolute Gasteiger partial charge is 0.243 e. The molecule has 1 fully saturated rings. The monoisotopic (exact) mass is 341 g/mol. The second kappa shape index (κ2) is 6.19. The summed E-state index contributed by atoms with van der Waals surface area (Å²) in [5.41, 5.74) is 0. The van der Waals surface area contributed by atoms with Gasteiger partial charge in [-0.25, -0.2) is 8.42 Å². The van der Waals surface area contributed by atoms with Gasteiger partial charge in [0.2, 0.25) is 10.0 Å². The molecular formula is C12H14Cl3NO2S. The van der Waals surface area contributed by atoms with Crippen molar-refractivity contribution >= 4 is 44.8 Å². The van der Waals surface area contributed by atoms with E-state index in [1.165, 1.54) is 22.5 Å². The molecule has 1 saturated heterocycles. The number of piperidine rings is 1. The van der Waals surface area contributed by atoms with Gasteiger partial charge in [0, 0.05) is 29.0 Å². The first-order valence-electron chi connectivity index (χ1n) is 5.95. The minimum atomic E-state index is -3.52. The van der Waals surface area contributed by atoms with Crippen LogP contribution in [-0.2, 0) is 10.0 Å². The molecule has 1 aliphatic heterocycles. The van der Waals surface area contributed by atoms with Crippen LogP contribution in [0.25, 0.3) is 0 Å². The summed E-state index contributed by atoms with van der Waals surface area (Å²) in [5, 5.41) is 0.642. The van der Waals surface area contributed by atoms with E-state index in [0.717, 1.165) is 12.8 Å². The fraction of sp³-hybridized carbons (Fsp3) is 0.500. The van der Waals surface area contributed by atoms with E-state index in [1.54, 1.807) is 0 Å². The van der Waals surface area contributed by atoms with Gasteiger partial charge in [0.05, 0.1) is 4.90 Å². The predicted molar refractivity (Wildman–Crippen MR) is 78.7 cm³/mol. The maximum absolute atomic E-state index is 12.5. The number of rotatable bonds is 3. The van der Waals surface area contributed by atoms with Crippen molar-refractivity contribution in [2.75, 3.05) is 19.0 Å². The summed E-state index contributed by atoms with van der Waals surface area (Å²) in [6.07, 6.45) is 1.58. The number of hydrogen-bond donors (Lipinski definition) is 0. The van der Waals surface area contributed by atoms with Gasteiger partial charge in [-0.15, -0.1) is 11.6 Å². The Kier molecular flexibility index (Phi) is 5.01. The van der Waals surface area contributed by atoms with Crippen LogP contribution in [-0.4, -0.2) is 31.7 Å². The van der Waals surface area contributed by atoms with Crippen molar-refractivity contribution in [3.05, 3.63) is 28.2 Å². The fourth-order valence-electron chi connectivity index (χ4n) is 2.13. The first kappa shape index (κ1) is 15.4. The van der Waals surface area contributed by atoms with Gasteiger partial charge in [-0.05, 0) is 37.0 Å². The Balaban J connectivity index is 2.23. The van der Waals surface area contributed by atoms with Crippen LogP contribution in [0.1, 0.15) is 12.8 Å². The smallest absolute Gasteiger partial charge is 0.207 e. The van der Waals surface area contributed by atoms with Crippen LogP contribution in [0.3, 0.4) is 0 Å². The molecule has 1 aromatic carbocycles. The third-order valence-electron chi connectivity index (χ3n) is 3.27. The van der Waals surface area contributed by atoms with Gasteiger partial charge in [0.25, 0.3) is 0 Å². The molecule has 0 unspecified atom stereocenters. The minimum absolute atomic E-state index is 0.148. The fourth-order valence-corrected chi connectivity index (χ4v) is 4.64. The van der Waals surface area contributed by atoms with Crippen molar-refractivity contribution < 1.29 is 8.42 Å². The highest BCUT2D eigenvalue weighted by atomic mass is 35.5. The SMILES string of the molecule is O=S(=O)(c1cc(Cl)cc(Cl)c1)N1CCC(CCl)CC1. The summed E-state index contributed by atoms with van der Waals surface area (Å²) in [6.45, 7) is 0.980. The normalized spacial score (nSPS) is 18.7. The van der Waals surface area contributed by atoms with E-state index < -0.39 is 10.0 Å². The number of alkyl halides is 1. The Labute approximate surface area is 128 Å². The van der Waals surface area contributed by atoms with Crippen LogP contribution >= 0.6 is 34.8 Å². The average molecular weight is 343 g/mol. The molecule has 0 aromatic heterocycles. The topological polar surface area (TPSA) is 37.4 Å². The second-order valence-corrected chi connectivity index (χ2v) is 7.73. The molecule has 2 rings (SSSR count). The van der Waals surface area contributed by atoms with Gasteiger partial charge < -0.3 is 0 Å². The molecule has 0 radical (unpaired) electrons. The lowest BCUT2D eigenvalue weighted by atomic mass is 10.0. The minimum Gasteiger partial charge on any atom is -0.207 e. The maximum Gasteiger partial charge on any atom is 0.243 e. The second-order valence-electron chi connectivity index (χ2n) is 4.61. The van der Waals surface area contributed by atoms with Crippen molar-refractivity contribution in [3.8, 4) is 0 Å². The molecule has 1 aliphatic rings. The summed E-state index contributed by atoms with van der Waals surface area (Å²) in [4.78, 5) is 0.148. The molecular weight excluding hydrogens is 329 g/mol. The number of hydrogen-bond acceptors (Lipinski definition) is 2. The molecule has 0 aliphatic carbocycles. The molecule has 3 nitrogen and oxygen atoms in total. The van der Waals surface area contributed by atoms with Gasteiger partial charge in [0.1, 0.15) is 0 Å². The summed E-state index contributed by atoms with van der Waals surface area (Å²) < 4.78 is 26.4. The van der Waals surface area contributed by atoms with E-state index in [0.29, 0.717) is 34.9 Å². The van der Waals surface area contributed by atoms with Gasteiger partial charge >= 0.3 is 0 Å². The highest BCUT2D eigenvalue weighted by molar-refractivity contribution is 7.89. The summed E-state index contributed by atoms with van der Waals surface area (Å²) in [6, 6.07) is 4.37. The molecule has 0 bridgehead atoms. The van der Waals surface area contributed by atoms with E-state index in [-0.39, 0.29) is 4.90 Å². The molecule has 0 spiro atoms. The van der Waals surface area contributed by atoms with Gasteiger partial charge in [-0.2, -0.15) is 4.31 Å². The van der Waals surface area contributed by atoms with Crippen molar-refractivity contribution in [2.45, 2.75) is 17.7 Å². The number of benzene rings is 1. The molecule has 7 heteroatoms. The Morgan fingerprint density at radius 2 is 1.63 bits per heavy atom. The quantitative estimate of drug-likeness (QED) is 0.787. The van der Waals surface area contributed by atoms with E-state index in [1.807, 2.05) is 0 Å². The molecule has 1 heterocycles. The van der Waals surface area contributed by atoms with Crippen molar-refractivity contribution in [2.24, 2.45) is 5.92 Å². The zero-order valence-corrected chi connectivity index (χ0v) is 13.2. The molecule has 0 atom stereocenters. The lowest BCUT2D eigenvalue weighted by Gasteiger charge is -2.30. The Bertz CT molecular complexity index is 534. The van der Waals surface area contributed by atoms with Crippen LogP contribution in [0.2, 0.25) is 10.0 Å². The highest BCUT2D eigenvalue weighted by Gasteiger charge is 2.29. The average Bonchev–Trinajstić information content (AvgIpc) is 2.37. The van der Waals surface area contributed by atoms with Crippen LogP contribution in [0.5, 0.6) is 0 Å². The van der Waals surface area contributed by atoms with Crippen molar-refractivity contribution in [1.29, 1.82) is 0 Å². The van der Waals surface area contributed by atoms with Crippen LogP contribution < -0.4 is 0 Å². The highest BCUT2D eigenvalue weighted by Crippen LogP contribution is 2.28. The number of sulfonamides is 1. The first-order chi connectivity index (χ1) is 8.93. The third kappa shape index (κ3) is 3.56. The van der Waals surface area contributed by atoms with Crippen LogP contribution in [0.15, 0.2) is 23.1 Å². The number of nitrogens with zero attached hydrogens (tertiary/aromatic N) is 1. The molecule has 0 N–H and O–H groups in total. The Hall–Kier alpha value is -0.000000000000000111. The summed E-state index contributed by atoms with van der Waals surface area (Å²) in [5.74, 6) is 0.979. The van der Waals surface area contributed by atoms with Crippen LogP contribution in [0.4, 0.5) is 0 Å². The molecule has 0 saturated carbocycles. The maximum atomic E-state index is 12.5. The first-order valence-corrected chi connectivity index (χ1v) is 8.69. The lowest BCUT2D eigenvalue weighted by Crippen LogP contribution is -2.38. The van der Waals surface area contributed by atoms with Gasteiger partial charge in [-0.1, -0.05) is 23.2 Å². The molecule has 0 amide bonds. The zero-order chi connectivity index (χ0) is 14.0. The van der Waals surface area contributed by atoms with Crippen molar-refractivity contribution in [3.63, 3.8) is 0 Å². The zero-order valence-electron chi connectivity index (χ0n) is 10.2. The number of halogens is 3. The van der Waals surface area contributed by atoms with E-state index in [9.17, 15) is 8.42 Å². The lowest BCUT2D eigenvalue weighted by molar-refractivity contribution is 0.290. The predicted octanol–water partition coefficient (Wildman–Crippen LogP) is 3.63. The molecule has 19 heavy (non-hydrogen) atoms. The molecule has 106 valence electrons. The van der Waals surface area contributed by atoms with E-state index >= 15 is 0 Å². The third-order valence-corrected chi connectivity index (χ3v) is 6.01. The van der Waals surface area contributed by atoms with E-state index in [4.69, 9.17) is 34.8 Å². The Morgan fingerprint density at radius 1 is 1.11 bits per heavy atom. The van der Waals surface area contributed by atoms with Crippen LogP contribution in [0, 0.1) is 5.92 Å². The Morgan fingerprint density at radius 3 is 2.11 bits per heavy atom. The summed E-state index contributed by atoms with van der Waals surface area (Å²) in [7, 11) is -3.52.